The van der Waals surface area contributed by atoms with E-state index in [-0.39, 0.29) is 49.8 Å². The Bertz CT molecular complexity index is 1070. The molecule has 0 aromatic heterocycles. The molecule has 2 aromatic rings. The van der Waals surface area contributed by atoms with Crippen molar-refractivity contribution < 1.29 is 29.3 Å². The van der Waals surface area contributed by atoms with E-state index < -0.39 is 24.2 Å². The number of nitrogens with one attached hydrogen (secondary N) is 1. The number of fused-ring (bicyclic) bond motifs is 3. The Balaban J connectivity index is 1.09. The second-order valence-corrected chi connectivity index (χ2v) is 9.50. The number of hydrogen-bond acceptors (Lipinski definition) is 5. The van der Waals surface area contributed by atoms with E-state index in [1.54, 1.807) is 0 Å². The van der Waals surface area contributed by atoms with Crippen molar-refractivity contribution in [2.24, 2.45) is 5.92 Å². The van der Waals surface area contributed by atoms with Crippen molar-refractivity contribution >= 4 is 18.0 Å². The fourth-order valence-electron chi connectivity index (χ4n) is 5.51. The van der Waals surface area contributed by atoms with Crippen LogP contribution in [-0.4, -0.2) is 64.4 Å². The van der Waals surface area contributed by atoms with Crippen LogP contribution in [0.4, 0.5) is 4.79 Å². The van der Waals surface area contributed by atoms with E-state index in [0.717, 1.165) is 11.1 Å². The summed E-state index contributed by atoms with van der Waals surface area (Å²) in [7, 11) is 0. The summed E-state index contributed by atoms with van der Waals surface area (Å²) in [4.78, 5) is 37.5. The first-order valence-electron chi connectivity index (χ1n) is 11.7. The molecule has 2 aromatic carbocycles. The van der Waals surface area contributed by atoms with Crippen molar-refractivity contribution in [3.63, 3.8) is 0 Å². The molecule has 2 atom stereocenters. The SMILES string of the molecule is O=C(NC1CC(CC(=O)N2CC(O)C[C@H]2C(=O)O)C1)OCC1c2ccccc2-c2ccccc21. The van der Waals surface area contributed by atoms with Crippen LogP contribution in [0.15, 0.2) is 48.5 Å². The summed E-state index contributed by atoms with van der Waals surface area (Å²) in [5, 5.41) is 21.9. The number of hydrogen-bond donors (Lipinski definition) is 3. The predicted molar refractivity (Wildman–Crippen MR) is 123 cm³/mol. The third-order valence-electron chi connectivity index (χ3n) is 7.25. The highest BCUT2D eigenvalue weighted by Gasteiger charge is 2.41. The summed E-state index contributed by atoms with van der Waals surface area (Å²) in [6, 6.07) is 15.3. The third kappa shape index (κ3) is 4.25. The van der Waals surface area contributed by atoms with Crippen LogP contribution in [0.5, 0.6) is 0 Å². The van der Waals surface area contributed by atoms with Gasteiger partial charge >= 0.3 is 12.1 Å². The second kappa shape index (κ2) is 9.10. The van der Waals surface area contributed by atoms with Gasteiger partial charge < -0.3 is 25.2 Å². The lowest BCUT2D eigenvalue weighted by Gasteiger charge is -2.36. The normalized spacial score (nSPS) is 25.3. The number of nitrogens with zero attached hydrogens (tertiary/aromatic N) is 1. The number of ether oxygens (including phenoxy) is 1. The Kier molecular flexibility index (Phi) is 6.00. The van der Waals surface area contributed by atoms with E-state index in [0.29, 0.717) is 12.8 Å². The lowest BCUT2D eigenvalue weighted by Crippen LogP contribution is -2.47. The lowest BCUT2D eigenvalue weighted by molar-refractivity contribution is -0.148. The molecule has 3 N–H and O–H groups in total. The number of carbonyl (C=O) groups excluding carboxylic acids is 2. The minimum Gasteiger partial charge on any atom is -0.480 e. The molecule has 2 aliphatic carbocycles. The van der Waals surface area contributed by atoms with Crippen LogP contribution >= 0.6 is 0 Å². The van der Waals surface area contributed by atoms with Gasteiger partial charge in [-0.15, -0.1) is 0 Å². The van der Waals surface area contributed by atoms with Crippen LogP contribution in [0.3, 0.4) is 0 Å². The number of carboxylic acid groups (broad SMARTS) is 1. The van der Waals surface area contributed by atoms with E-state index in [4.69, 9.17) is 4.74 Å². The molecule has 1 aliphatic heterocycles. The summed E-state index contributed by atoms with van der Waals surface area (Å²) in [5.41, 5.74) is 4.67. The quantitative estimate of drug-likeness (QED) is 0.605. The molecular formula is C26H28N2O6. The topological polar surface area (TPSA) is 116 Å². The molecule has 1 heterocycles. The van der Waals surface area contributed by atoms with Gasteiger partial charge in [0.2, 0.25) is 5.91 Å². The average Bonchev–Trinajstić information content (AvgIpc) is 3.34. The first-order chi connectivity index (χ1) is 16.4. The highest BCUT2D eigenvalue weighted by atomic mass is 16.5. The van der Waals surface area contributed by atoms with E-state index in [2.05, 4.69) is 29.6 Å². The van der Waals surface area contributed by atoms with Crippen LogP contribution < -0.4 is 5.32 Å². The number of aliphatic carboxylic acids is 1. The van der Waals surface area contributed by atoms with E-state index in [1.165, 1.54) is 16.0 Å². The van der Waals surface area contributed by atoms with Gasteiger partial charge in [-0.05, 0) is 41.0 Å². The summed E-state index contributed by atoms with van der Waals surface area (Å²) in [6.07, 6.45) is 0.310. The van der Waals surface area contributed by atoms with E-state index >= 15 is 0 Å². The van der Waals surface area contributed by atoms with Crippen LogP contribution in [0, 0.1) is 5.92 Å². The van der Waals surface area contributed by atoms with Crippen molar-refractivity contribution in [3.05, 3.63) is 59.7 Å². The van der Waals surface area contributed by atoms with Crippen LogP contribution in [0.25, 0.3) is 11.1 Å². The minimum absolute atomic E-state index is 0.00269. The summed E-state index contributed by atoms with van der Waals surface area (Å²) >= 11 is 0. The standard InChI is InChI=1S/C26H28N2O6/c29-17-12-23(25(31)32)28(13-17)24(30)11-15-9-16(10-15)27-26(33)34-14-22-20-7-3-1-5-18(20)19-6-2-4-8-21(19)22/h1-8,15-17,22-23,29H,9-14H2,(H,27,33)(H,31,32)/t15?,16?,17?,23-/m0/s1. The highest BCUT2D eigenvalue weighted by molar-refractivity contribution is 5.84. The minimum atomic E-state index is -1.09. The van der Waals surface area contributed by atoms with Crippen LogP contribution in [0.1, 0.15) is 42.7 Å². The number of rotatable bonds is 6. The number of β-amino-alcohol motifs (C(OH)–C–C–N with tert-alkyl or cyclic N) is 1. The van der Waals surface area contributed by atoms with Crippen molar-refractivity contribution in [2.75, 3.05) is 13.2 Å². The van der Waals surface area contributed by atoms with Gasteiger partial charge in [0, 0.05) is 31.3 Å². The first kappa shape index (κ1) is 22.4. The molecule has 0 spiro atoms. The summed E-state index contributed by atoms with van der Waals surface area (Å²) < 4.78 is 5.58. The summed E-state index contributed by atoms with van der Waals surface area (Å²) in [5.74, 6) is -1.26. The van der Waals surface area contributed by atoms with E-state index in [9.17, 15) is 24.6 Å². The molecule has 1 saturated carbocycles. The summed E-state index contributed by atoms with van der Waals surface area (Å²) in [6.45, 7) is 0.312. The predicted octanol–water partition coefficient (Wildman–Crippen LogP) is 2.74. The molecule has 34 heavy (non-hydrogen) atoms. The van der Waals surface area contributed by atoms with Gasteiger partial charge in [-0.1, -0.05) is 48.5 Å². The van der Waals surface area contributed by atoms with E-state index in [1.807, 2.05) is 24.3 Å². The molecule has 2 fully saturated rings. The highest BCUT2D eigenvalue weighted by Crippen LogP contribution is 2.44. The molecule has 1 unspecified atom stereocenters. The largest absolute Gasteiger partial charge is 0.480 e. The number of carbonyl (C=O) groups is 3. The maximum atomic E-state index is 12.5. The van der Waals surface area contributed by atoms with Crippen molar-refractivity contribution in [3.8, 4) is 11.1 Å². The molecule has 2 amide bonds. The number of aliphatic hydroxyl groups is 1. The van der Waals surface area contributed by atoms with Gasteiger partial charge in [-0.25, -0.2) is 9.59 Å². The molecular weight excluding hydrogens is 436 g/mol. The lowest BCUT2D eigenvalue weighted by atomic mass is 9.78. The van der Waals surface area contributed by atoms with Crippen LogP contribution in [-0.2, 0) is 14.3 Å². The van der Waals surface area contributed by atoms with Gasteiger partial charge in [-0.3, -0.25) is 4.79 Å². The number of carboxylic acids is 1. The second-order valence-electron chi connectivity index (χ2n) is 9.50. The van der Waals surface area contributed by atoms with Crippen molar-refractivity contribution in [2.45, 2.75) is 49.8 Å². The number of benzene rings is 2. The van der Waals surface area contributed by atoms with Gasteiger partial charge in [0.05, 0.1) is 6.10 Å². The molecule has 1 saturated heterocycles. The molecule has 3 aliphatic rings. The number of likely N-dealkylation sites (tertiary alicyclic amines) is 1. The third-order valence-corrected chi connectivity index (χ3v) is 7.25. The van der Waals surface area contributed by atoms with Gasteiger partial charge in [-0.2, -0.15) is 0 Å². The molecule has 0 bridgehead atoms. The zero-order valence-electron chi connectivity index (χ0n) is 18.7. The zero-order chi connectivity index (χ0) is 23.8. The fourth-order valence-corrected chi connectivity index (χ4v) is 5.51. The van der Waals surface area contributed by atoms with Gasteiger partial charge in [0.25, 0.3) is 0 Å². The Morgan fingerprint density at radius 2 is 1.59 bits per heavy atom. The Morgan fingerprint density at radius 1 is 0.971 bits per heavy atom. The maximum absolute atomic E-state index is 12.5. The monoisotopic (exact) mass is 464 g/mol. The molecule has 8 nitrogen and oxygen atoms in total. The zero-order valence-corrected chi connectivity index (χ0v) is 18.7. The Labute approximate surface area is 197 Å². The van der Waals surface area contributed by atoms with Crippen molar-refractivity contribution in [1.82, 2.24) is 10.2 Å². The van der Waals surface area contributed by atoms with Gasteiger partial charge in [0.1, 0.15) is 12.6 Å². The van der Waals surface area contributed by atoms with Gasteiger partial charge in [0.15, 0.2) is 0 Å². The Morgan fingerprint density at radius 3 is 2.21 bits per heavy atom. The Hall–Kier alpha value is -3.39. The van der Waals surface area contributed by atoms with Crippen LogP contribution in [0.2, 0.25) is 0 Å². The first-order valence-corrected chi connectivity index (χ1v) is 11.7. The maximum Gasteiger partial charge on any atom is 0.407 e. The number of amides is 2. The fraction of sp³-hybridized carbons (Fsp3) is 0.423. The molecule has 0 radical (unpaired) electrons. The smallest absolute Gasteiger partial charge is 0.407 e. The molecule has 8 heteroatoms. The average molecular weight is 465 g/mol. The molecule has 178 valence electrons. The number of aliphatic hydroxyl groups excluding tert-OH is 1. The molecule has 5 rings (SSSR count). The van der Waals surface area contributed by atoms with Crippen molar-refractivity contribution in [1.29, 1.82) is 0 Å². The number of alkyl carbamates (subject to hydrolysis) is 1.